The number of hydrogen-bond acceptors (Lipinski definition) is 3. The van der Waals surface area contributed by atoms with Gasteiger partial charge in [0.05, 0.1) is 0 Å². The largest absolute Gasteiger partial charge is 0.354 e. The Labute approximate surface area is 125 Å². The first-order chi connectivity index (χ1) is 10.2. The molecule has 1 aliphatic heterocycles. The first-order valence-electron chi connectivity index (χ1n) is 7.52. The van der Waals surface area contributed by atoms with Gasteiger partial charge in [0.1, 0.15) is 6.04 Å². The predicted molar refractivity (Wildman–Crippen MR) is 82.1 cm³/mol. The summed E-state index contributed by atoms with van der Waals surface area (Å²) in [4.78, 5) is 26.4. The smallest absolute Gasteiger partial charge is 0.254 e. The molecule has 0 aromatic heterocycles. The van der Waals surface area contributed by atoms with Crippen LogP contribution in [0.1, 0.15) is 29.6 Å². The van der Waals surface area contributed by atoms with Gasteiger partial charge in [-0.05, 0) is 45.0 Å². The Balaban J connectivity index is 1.93. The minimum Gasteiger partial charge on any atom is -0.354 e. The number of nitrogens with one attached hydrogen (secondary N) is 2. The summed E-state index contributed by atoms with van der Waals surface area (Å²) in [6, 6.07) is 8.83. The molecule has 0 bridgehead atoms. The quantitative estimate of drug-likeness (QED) is 0.769. The maximum Gasteiger partial charge on any atom is 0.254 e. The Morgan fingerprint density at radius 2 is 2.00 bits per heavy atom. The molecule has 2 amide bonds. The van der Waals surface area contributed by atoms with Gasteiger partial charge in [0.15, 0.2) is 0 Å². The molecule has 0 radical (unpaired) electrons. The predicted octanol–water partition coefficient (Wildman–Crippen LogP) is 1.02. The van der Waals surface area contributed by atoms with E-state index in [4.69, 9.17) is 0 Å². The number of nitrogens with zero attached hydrogens (tertiary/aromatic N) is 1. The van der Waals surface area contributed by atoms with Crippen molar-refractivity contribution in [2.24, 2.45) is 0 Å². The molecule has 1 aliphatic rings. The van der Waals surface area contributed by atoms with Gasteiger partial charge in [0.25, 0.3) is 5.91 Å². The van der Waals surface area contributed by atoms with Crippen LogP contribution in [-0.2, 0) is 4.79 Å². The van der Waals surface area contributed by atoms with Crippen LogP contribution in [-0.4, -0.2) is 49.4 Å². The maximum absolute atomic E-state index is 12.5. The van der Waals surface area contributed by atoms with E-state index in [1.165, 1.54) is 0 Å². The maximum atomic E-state index is 12.5. The third-order valence-corrected chi connectivity index (χ3v) is 3.74. The highest BCUT2D eigenvalue weighted by Crippen LogP contribution is 2.20. The lowest BCUT2D eigenvalue weighted by molar-refractivity contribution is -0.124. The highest BCUT2D eigenvalue weighted by Gasteiger charge is 2.34. The summed E-state index contributed by atoms with van der Waals surface area (Å²) in [6.45, 7) is 2.17. The molecule has 5 heteroatoms. The summed E-state index contributed by atoms with van der Waals surface area (Å²) in [6.07, 6.45) is 2.52. The van der Waals surface area contributed by atoms with E-state index in [2.05, 4.69) is 10.6 Å². The van der Waals surface area contributed by atoms with Crippen molar-refractivity contribution in [3.8, 4) is 0 Å². The second-order valence-electron chi connectivity index (χ2n) is 5.27. The number of hydrogen-bond donors (Lipinski definition) is 2. The van der Waals surface area contributed by atoms with Crippen molar-refractivity contribution in [3.05, 3.63) is 35.9 Å². The highest BCUT2D eigenvalue weighted by molar-refractivity contribution is 5.97. The molecule has 1 saturated heterocycles. The molecule has 1 aromatic rings. The molecule has 1 unspecified atom stereocenters. The first kappa shape index (κ1) is 15.5. The van der Waals surface area contributed by atoms with Crippen LogP contribution in [0.3, 0.4) is 0 Å². The van der Waals surface area contributed by atoms with Crippen LogP contribution in [0.15, 0.2) is 30.3 Å². The number of amides is 2. The average molecular weight is 289 g/mol. The fraction of sp³-hybridized carbons (Fsp3) is 0.500. The summed E-state index contributed by atoms with van der Waals surface area (Å²) >= 11 is 0. The fourth-order valence-electron chi connectivity index (χ4n) is 2.62. The number of rotatable bonds is 6. The SMILES string of the molecule is CNCCCNC(=O)C1CCCN1C(=O)c1ccccc1. The minimum absolute atomic E-state index is 0.0344. The third-order valence-electron chi connectivity index (χ3n) is 3.74. The second-order valence-corrected chi connectivity index (χ2v) is 5.27. The van der Waals surface area contributed by atoms with Crippen LogP contribution >= 0.6 is 0 Å². The molecule has 0 spiro atoms. The monoisotopic (exact) mass is 289 g/mol. The Morgan fingerprint density at radius 1 is 1.24 bits per heavy atom. The molecule has 1 aromatic carbocycles. The van der Waals surface area contributed by atoms with Gasteiger partial charge in [-0.1, -0.05) is 18.2 Å². The van der Waals surface area contributed by atoms with Crippen molar-refractivity contribution in [2.45, 2.75) is 25.3 Å². The number of carbonyl (C=O) groups excluding carboxylic acids is 2. The van der Waals surface area contributed by atoms with E-state index in [0.29, 0.717) is 18.7 Å². The second kappa shape index (κ2) is 7.78. The molecule has 1 atom stereocenters. The summed E-state index contributed by atoms with van der Waals surface area (Å²) in [5.41, 5.74) is 0.646. The fourth-order valence-corrected chi connectivity index (χ4v) is 2.62. The van der Waals surface area contributed by atoms with Crippen LogP contribution in [0.5, 0.6) is 0 Å². The molecule has 0 aliphatic carbocycles. The number of likely N-dealkylation sites (tertiary alicyclic amines) is 1. The summed E-state index contributed by atoms with van der Waals surface area (Å²) in [5, 5.41) is 5.97. The average Bonchev–Trinajstić information content (AvgIpc) is 3.01. The zero-order valence-corrected chi connectivity index (χ0v) is 12.5. The first-order valence-corrected chi connectivity index (χ1v) is 7.52. The lowest BCUT2D eigenvalue weighted by atomic mass is 10.1. The van der Waals surface area contributed by atoms with E-state index in [1.54, 1.807) is 17.0 Å². The lowest BCUT2D eigenvalue weighted by Crippen LogP contribution is -2.46. The Bertz CT molecular complexity index is 476. The molecular weight excluding hydrogens is 266 g/mol. The summed E-state index contributed by atoms with van der Waals surface area (Å²) < 4.78 is 0. The van der Waals surface area contributed by atoms with Gasteiger partial charge in [-0.25, -0.2) is 0 Å². The summed E-state index contributed by atoms with van der Waals surface area (Å²) in [5.74, 6) is -0.0867. The normalized spacial score (nSPS) is 17.8. The lowest BCUT2D eigenvalue weighted by Gasteiger charge is -2.24. The Morgan fingerprint density at radius 3 is 2.71 bits per heavy atom. The molecule has 2 N–H and O–H groups in total. The van der Waals surface area contributed by atoms with Crippen molar-refractivity contribution < 1.29 is 9.59 Å². The van der Waals surface area contributed by atoms with E-state index < -0.39 is 0 Å². The zero-order valence-electron chi connectivity index (χ0n) is 12.5. The third kappa shape index (κ3) is 4.04. The molecule has 5 nitrogen and oxygen atoms in total. The molecule has 114 valence electrons. The minimum atomic E-state index is -0.327. The van der Waals surface area contributed by atoms with Crippen molar-refractivity contribution >= 4 is 11.8 Å². The number of benzene rings is 1. The van der Waals surface area contributed by atoms with Crippen molar-refractivity contribution in [1.29, 1.82) is 0 Å². The van der Waals surface area contributed by atoms with E-state index >= 15 is 0 Å². The van der Waals surface area contributed by atoms with Gasteiger partial charge >= 0.3 is 0 Å². The molecule has 1 heterocycles. The molecule has 1 fully saturated rings. The van der Waals surface area contributed by atoms with E-state index in [9.17, 15) is 9.59 Å². The molecule has 2 rings (SSSR count). The van der Waals surface area contributed by atoms with Gasteiger partial charge in [0.2, 0.25) is 5.91 Å². The van der Waals surface area contributed by atoms with Crippen molar-refractivity contribution in [2.75, 3.05) is 26.7 Å². The van der Waals surface area contributed by atoms with Crippen molar-refractivity contribution in [3.63, 3.8) is 0 Å². The topological polar surface area (TPSA) is 61.4 Å². The summed E-state index contributed by atoms with van der Waals surface area (Å²) in [7, 11) is 1.89. The highest BCUT2D eigenvalue weighted by atomic mass is 16.2. The van der Waals surface area contributed by atoms with Crippen LogP contribution in [0, 0.1) is 0 Å². The van der Waals surface area contributed by atoms with Crippen LogP contribution < -0.4 is 10.6 Å². The Hall–Kier alpha value is -1.88. The van der Waals surface area contributed by atoms with Crippen molar-refractivity contribution in [1.82, 2.24) is 15.5 Å². The van der Waals surface area contributed by atoms with Gasteiger partial charge in [-0.15, -0.1) is 0 Å². The van der Waals surface area contributed by atoms with Crippen LogP contribution in [0.4, 0.5) is 0 Å². The van der Waals surface area contributed by atoms with E-state index in [1.807, 2.05) is 25.2 Å². The van der Waals surface area contributed by atoms with Gasteiger partial charge in [-0.2, -0.15) is 0 Å². The van der Waals surface area contributed by atoms with E-state index in [0.717, 1.165) is 25.8 Å². The van der Waals surface area contributed by atoms with Gasteiger partial charge in [0, 0.05) is 18.7 Å². The molecular formula is C16H23N3O2. The Kier molecular flexibility index (Phi) is 5.75. The standard InChI is InChI=1S/C16H23N3O2/c1-17-10-6-11-18-15(20)14-9-5-12-19(14)16(21)13-7-3-2-4-8-13/h2-4,7-8,14,17H,5-6,9-12H2,1H3,(H,18,20). The van der Waals surface area contributed by atoms with Gasteiger partial charge in [-0.3, -0.25) is 9.59 Å². The van der Waals surface area contributed by atoms with Gasteiger partial charge < -0.3 is 15.5 Å². The number of carbonyl (C=O) groups is 2. The van der Waals surface area contributed by atoms with Crippen LogP contribution in [0.25, 0.3) is 0 Å². The molecule has 21 heavy (non-hydrogen) atoms. The zero-order chi connectivity index (χ0) is 15.1. The molecule has 0 saturated carbocycles. The van der Waals surface area contributed by atoms with Crippen LogP contribution in [0.2, 0.25) is 0 Å². The van der Waals surface area contributed by atoms with E-state index in [-0.39, 0.29) is 17.9 Å².